The van der Waals surface area contributed by atoms with Crippen LogP contribution in [0.2, 0.25) is 0 Å². The molecule has 1 saturated heterocycles. The third kappa shape index (κ3) is 4.98. The Balaban J connectivity index is 1.56. The summed E-state index contributed by atoms with van der Waals surface area (Å²) >= 11 is 1.25. The molecule has 1 aromatic carbocycles. The lowest BCUT2D eigenvalue weighted by Gasteiger charge is -2.32. The molecule has 0 radical (unpaired) electrons. The van der Waals surface area contributed by atoms with Crippen molar-refractivity contribution in [3.63, 3.8) is 0 Å². The second-order valence-corrected chi connectivity index (χ2v) is 11.8. The van der Waals surface area contributed by atoms with E-state index < -0.39 is 21.9 Å². The van der Waals surface area contributed by atoms with Crippen LogP contribution in [0.25, 0.3) is 0 Å². The molecule has 0 bridgehead atoms. The maximum atomic E-state index is 13.1. The predicted octanol–water partition coefficient (Wildman–Crippen LogP) is 3.25. The van der Waals surface area contributed by atoms with Gasteiger partial charge in [-0.15, -0.1) is 11.3 Å². The highest BCUT2D eigenvalue weighted by atomic mass is 32.2. The summed E-state index contributed by atoms with van der Waals surface area (Å²) in [7, 11) is -2.36. The fourth-order valence-corrected chi connectivity index (χ4v) is 7.54. The number of anilines is 1. The molecule has 0 saturated carbocycles. The summed E-state index contributed by atoms with van der Waals surface area (Å²) < 4.78 is 32.6. The number of nitrogens with one attached hydrogen (secondary N) is 1. The highest BCUT2D eigenvalue weighted by Gasteiger charge is 2.32. The molecule has 0 aliphatic carbocycles. The number of esters is 1. The summed E-state index contributed by atoms with van der Waals surface area (Å²) in [4.78, 5) is 40.0. The van der Waals surface area contributed by atoms with Crippen molar-refractivity contribution >= 4 is 44.1 Å². The fraction of sp³-hybridized carbons (Fsp3) is 0.458. The van der Waals surface area contributed by atoms with Gasteiger partial charge in [0.05, 0.1) is 24.1 Å². The number of thiophene rings is 1. The Hall–Kier alpha value is -2.76. The Morgan fingerprint density at radius 2 is 1.83 bits per heavy atom. The molecular formula is C24H29N3O6S2. The molecule has 2 amide bonds. The van der Waals surface area contributed by atoms with E-state index in [9.17, 15) is 22.8 Å². The van der Waals surface area contributed by atoms with E-state index in [1.54, 1.807) is 4.90 Å². The average molecular weight is 520 g/mol. The Morgan fingerprint density at radius 1 is 1.11 bits per heavy atom. The molecule has 1 N–H and O–H groups in total. The van der Waals surface area contributed by atoms with E-state index in [0.29, 0.717) is 36.6 Å². The van der Waals surface area contributed by atoms with Crippen molar-refractivity contribution in [3.8, 4) is 0 Å². The van der Waals surface area contributed by atoms with Gasteiger partial charge >= 0.3 is 5.97 Å². The molecule has 1 aromatic heterocycles. The molecule has 1 fully saturated rings. The van der Waals surface area contributed by atoms with Crippen LogP contribution in [0.4, 0.5) is 5.00 Å². The number of nitrogens with zero attached hydrogens (tertiary/aromatic N) is 2. The van der Waals surface area contributed by atoms with E-state index in [4.69, 9.17) is 4.74 Å². The molecule has 9 nitrogen and oxygen atoms in total. The number of fused-ring (bicyclic) bond motifs is 1. The maximum absolute atomic E-state index is 13.1. The van der Waals surface area contributed by atoms with Crippen molar-refractivity contribution in [1.29, 1.82) is 0 Å². The van der Waals surface area contributed by atoms with Gasteiger partial charge in [0.2, 0.25) is 15.9 Å². The van der Waals surface area contributed by atoms with Gasteiger partial charge in [-0.1, -0.05) is 6.42 Å². The number of carbonyl (C=O) groups is 3. The molecule has 0 unspecified atom stereocenters. The second kappa shape index (κ2) is 10.1. The topological polar surface area (TPSA) is 113 Å². The molecule has 11 heteroatoms. The third-order valence-corrected chi connectivity index (χ3v) is 9.74. The largest absolute Gasteiger partial charge is 0.465 e. The molecule has 188 valence electrons. The number of methoxy groups -OCH3 is 1. The number of piperidine rings is 1. The second-order valence-electron chi connectivity index (χ2n) is 8.83. The zero-order chi connectivity index (χ0) is 25.3. The highest BCUT2D eigenvalue weighted by molar-refractivity contribution is 7.89. The first-order valence-electron chi connectivity index (χ1n) is 11.5. The zero-order valence-electron chi connectivity index (χ0n) is 20.0. The lowest BCUT2D eigenvalue weighted by atomic mass is 10.0. The summed E-state index contributed by atoms with van der Waals surface area (Å²) in [6.07, 6.45) is 3.17. The van der Waals surface area contributed by atoms with Crippen LogP contribution < -0.4 is 5.32 Å². The van der Waals surface area contributed by atoms with Crippen molar-refractivity contribution in [2.45, 2.75) is 57.0 Å². The van der Waals surface area contributed by atoms with Crippen molar-refractivity contribution in [1.82, 2.24) is 9.21 Å². The van der Waals surface area contributed by atoms with Gasteiger partial charge in [-0.25, -0.2) is 13.2 Å². The van der Waals surface area contributed by atoms with E-state index >= 15 is 0 Å². The minimum absolute atomic E-state index is 0.0526. The molecular weight excluding hydrogens is 490 g/mol. The van der Waals surface area contributed by atoms with Crippen LogP contribution in [0.1, 0.15) is 64.3 Å². The van der Waals surface area contributed by atoms with Gasteiger partial charge in [-0.05, 0) is 56.0 Å². The molecule has 2 aliphatic heterocycles. The predicted molar refractivity (Wildman–Crippen MR) is 132 cm³/mol. The normalized spacial score (nSPS) is 18.6. The standard InChI is InChI=1S/C24H29N3O6S2/c1-15-6-4-5-12-27(15)35(31,32)18-9-7-17(8-10-18)22(29)25-23-21(24(30)33-3)19-11-13-26(16(2)28)14-20(19)34-23/h7-10,15H,4-6,11-14H2,1-3H3,(H,25,29)/t15-/m1/s1. The number of benzene rings is 1. The Kier molecular flexibility index (Phi) is 7.30. The molecule has 2 aromatic rings. The van der Waals surface area contributed by atoms with Crippen LogP contribution in [0.15, 0.2) is 29.2 Å². The van der Waals surface area contributed by atoms with Crippen molar-refractivity contribution in [2.24, 2.45) is 0 Å². The minimum Gasteiger partial charge on any atom is -0.465 e. The lowest BCUT2D eigenvalue weighted by molar-refractivity contribution is -0.129. The van der Waals surface area contributed by atoms with E-state index in [1.165, 1.54) is 53.9 Å². The number of rotatable bonds is 5. The van der Waals surface area contributed by atoms with Gasteiger partial charge in [-0.2, -0.15) is 4.31 Å². The Morgan fingerprint density at radius 3 is 2.46 bits per heavy atom. The van der Waals surface area contributed by atoms with E-state index in [-0.39, 0.29) is 22.4 Å². The molecule has 4 rings (SSSR count). The lowest BCUT2D eigenvalue weighted by Crippen LogP contribution is -2.41. The van der Waals surface area contributed by atoms with Gasteiger partial charge in [-0.3, -0.25) is 9.59 Å². The van der Waals surface area contributed by atoms with Gasteiger partial charge in [0.1, 0.15) is 5.00 Å². The monoisotopic (exact) mass is 519 g/mol. The number of carbonyl (C=O) groups excluding carboxylic acids is 3. The molecule has 3 heterocycles. The summed E-state index contributed by atoms with van der Waals surface area (Å²) in [6, 6.07) is 5.77. The van der Waals surface area contributed by atoms with Crippen LogP contribution in [-0.4, -0.2) is 61.6 Å². The average Bonchev–Trinajstić information content (AvgIpc) is 3.20. The highest BCUT2D eigenvalue weighted by Crippen LogP contribution is 2.38. The van der Waals surface area contributed by atoms with Gasteiger partial charge < -0.3 is 15.0 Å². The van der Waals surface area contributed by atoms with Crippen LogP contribution in [0, 0.1) is 0 Å². The Labute approximate surface area is 209 Å². The van der Waals surface area contributed by atoms with Crippen LogP contribution >= 0.6 is 11.3 Å². The molecule has 1 atom stereocenters. The molecule has 35 heavy (non-hydrogen) atoms. The number of hydrogen-bond acceptors (Lipinski definition) is 7. The SMILES string of the molecule is COC(=O)c1c(NC(=O)c2ccc(S(=O)(=O)N3CCCC[C@H]3C)cc2)sc2c1CCN(C(C)=O)C2. The summed E-state index contributed by atoms with van der Waals surface area (Å²) in [5.41, 5.74) is 1.36. The minimum atomic E-state index is -3.64. The summed E-state index contributed by atoms with van der Waals surface area (Å²) in [5, 5.41) is 3.14. The Bertz CT molecular complexity index is 1250. The summed E-state index contributed by atoms with van der Waals surface area (Å²) in [5.74, 6) is -1.07. The van der Waals surface area contributed by atoms with Crippen molar-refractivity contribution in [2.75, 3.05) is 25.5 Å². The first kappa shape index (κ1) is 25.3. The maximum Gasteiger partial charge on any atom is 0.341 e. The zero-order valence-corrected chi connectivity index (χ0v) is 21.6. The first-order chi connectivity index (χ1) is 16.6. The smallest absolute Gasteiger partial charge is 0.341 e. The number of hydrogen-bond donors (Lipinski definition) is 1. The van der Waals surface area contributed by atoms with Crippen LogP contribution in [-0.2, 0) is 32.5 Å². The number of sulfonamides is 1. The van der Waals surface area contributed by atoms with E-state index in [0.717, 1.165) is 29.7 Å². The third-order valence-electron chi connectivity index (χ3n) is 6.58. The molecule has 0 spiro atoms. The van der Waals surface area contributed by atoms with Crippen LogP contribution in [0.5, 0.6) is 0 Å². The van der Waals surface area contributed by atoms with Gasteiger partial charge in [0.25, 0.3) is 5.91 Å². The number of amides is 2. The van der Waals surface area contributed by atoms with E-state index in [2.05, 4.69) is 5.32 Å². The quantitative estimate of drug-likeness (QED) is 0.607. The molecule has 2 aliphatic rings. The van der Waals surface area contributed by atoms with Crippen molar-refractivity contribution < 1.29 is 27.5 Å². The van der Waals surface area contributed by atoms with Gasteiger partial charge in [0, 0.05) is 36.5 Å². The van der Waals surface area contributed by atoms with E-state index in [1.807, 2.05) is 6.92 Å². The van der Waals surface area contributed by atoms with Crippen molar-refractivity contribution in [3.05, 3.63) is 45.8 Å². The van der Waals surface area contributed by atoms with Gasteiger partial charge in [0.15, 0.2) is 0 Å². The summed E-state index contributed by atoms with van der Waals surface area (Å²) in [6.45, 7) is 4.76. The fourth-order valence-electron chi connectivity index (χ4n) is 4.60. The number of ether oxygens (including phenoxy) is 1. The van der Waals surface area contributed by atoms with Crippen LogP contribution in [0.3, 0.4) is 0 Å². The first-order valence-corrected chi connectivity index (χ1v) is 13.8.